The van der Waals surface area contributed by atoms with Crippen molar-refractivity contribution in [2.45, 2.75) is 39.0 Å². The van der Waals surface area contributed by atoms with Crippen LogP contribution in [0.25, 0.3) is 0 Å². The summed E-state index contributed by atoms with van der Waals surface area (Å²) in [6, 6.07) is -2.78. The Kier molecular flexibility index (Phi) is 6.01. The van der Waals surface area contributed by atoms with Crippen LogP contribution >= 0.6 is 0 Å². The first-order chi connectivity index (χ1) is 10.1. The molecule has 0 aromatic carbocycles. The molecule has 3 N–H and O–H groups in total. The van der Waals surface area contributed by atoms with E-state index in [2.05, 4.69) is 20.5 Å². The maximum absolute atomic E-state index is 12.9. The minimum Gasteiger partial charge on any atom is -0.346 e. The highest BCUT2D eigenvalue weighted by molar-refractivity contribution is 5.74. The molecule has 0 fully saturated rings. The topological polar surface area (TPSA) is 85.9 Å². The number of H-pyrrole nitrogens is 1. The second kappa shape index (κ2) is 7.32. The molecule has 0 saturated carbocycles. The lowest BCUT2D eigenvalue weighted by molar-refractivity contribution is -0.163. The van der Waals surface area contributed by atoms with Crippen molar-refractivity contribution in [2.75, 3.05) is 19.0 Å². The molecular weight excluding hydrogens is 301 g/mol. The molecular formula is C12H21F3N6O. The number of amides is 2. The summed E-state index contributed by atoms with van der Waals surface area (Å²) in [6.45, 7) is 3.04. The molecule has 0 aliphatic rings. The van der Waals surface area contributed by atoms with Gasteiger partial charge >= 0.3 is 12.2 Å². The molecule has 0 saturated heterocycles. The Morgan fingerprint density at radius 2 is 2.05 bits per heavy atom. The molecule has 0 spiro atoms. The summed E-state index contributed by atoms with van der Waals surface area (Å²) >= 11 is 0. The monoisotopic (exact) mass is 322 g/mol. The van der Waals surface area contributed by atoms with Gasteiger partial charge in [0.15, 0.2) is 0 Å². The molecule has 126 valence electrons. The van der Waals surface area contributed by atoms with E-state index in [0.29, 0.717) is 18.2 Å². The van der Waals surface area contributed by atoms with E-state index in [1.165, 1.54) is 6.92 Å². The van der Waals surface area contributed by atoms with Crippen LogP contribution in [-0.2, 0) is 6.54 Å². The molecule has 7 nitrogen and oxygen atoms in total. The third-order valence-corrected chi connectivity index (χ3v) is 3.19. The highest BCUT2D eigenvalue weighted by atomic mass is 19.4. The van der Waals surface area contributed by atoms with Gasteiger partial charge in [0.2, 0.25) is 5.95 Å². The number of aromatic nitrogens is 3. The first kappa shape index (κ1) is 18.1. The number of hydrogen-bond donors (Lipinski definition) is 3. The molecule has 0 radical (unpaired) electrons. The smallest absolute Gasteiger partial charge is 0.346 e. The van der Waals surface area contributed by atoms with E-state index in [1.807, 2.05) is 5.32 Å². The van der Waals surface area contributed by atoms with Crippen molar-refractivity contribution in [1.29, 1.82) is 0 Å². The van der Waals surface area contributed by atoms with Gasteiger partial charge < -0.3 is 15.5 Å². The zero-order valence-electron chi connectivity index (χ0n) is 13.0. The Hall–Kier alpha value is -2.00. The van der Waals surface area contributed by atoms with Gasteiger partial charge in [0, 0.05) is 14.1 Å². The maximum Gasteiger partial charge on any atom is 0.408 e. The normalized spacial score (nSPS) is 14.3. The molecule has 22 heavy (non-hydrogen) atoms. The van der Waals surface area contributed by atoms with E-state index < -0.39 is 24.2 Å². The van der Waals surface area contributed by atoms with Gasteiger partial charge in [-0.05, 0) is 5.92 Å². The van der Waals surface area contributed by atoms with E-state index in [4.69, 9.17) is 0 Å². The third-order valence-electron chi connectivity index (χ3n) is 3.19. The summed E-state index contributed by atoms with van der Waals surface area (Å²) in [7, 11) is 3.49. The van der Waals surface area contributed by atoms with Crippen molar-refractivity contribution in [3.05, 3.63) is 5.82 Å². The van der Waals surface area contributed by atoms with Crippen molar-refractivity contribution >= 4 is 12.0 Å². The van der Waals surface area contributed by atoms with E-state index in [-0.39, 0.29) is 6.54 Å². The number of alkyl halides is 3. The summed E-state index contributed by atoms with van der Waals surface area (Å²) in [5.74, 6) is 0.0623. The highest BCUT2D eigenvalue weighted by Crippen LogP contribution is 2.27. The van der Waals surface area contributed by atoms with Gasteiger partial charge in [-0.15, -0.1) is 5.10 Å². The number of nitrogens with zero attached hydrogens (tertiary/aromatic N) is 3. The van der Waals surface area contributed by atoms with Gasteiger partial charge in [-0.1, -0.05) is 20.3 Å². The summed E-state index contributed by atoms with van der Waals surface area (Å²) < 4.78 is 38.7. The van der Waals surface area contributed by atoms with Crippen LogP contribution < -0.4 is 15.5 Å². The molecule has 1 heterocycles. The summed E-state index contributed by atoms with van der Waals surface area (Å²) in [6.07, 6.45) is -4.18. The summed E-state index contributed by atoms with van der Waals surface area (Å²) in [5, 5.41) is 10.8. The number of nitrogens with one attached hydrogen (secondary N) is 3. The molecule has 0 bridgehead atoms. The van der Waals surface area contributed by atoms with Crippen LogP contribution in [0.15, 0.2) is 0 Å². The summed E-state index contributed by atoms with van der Waals surface area (Å²) in [4.78, 5) is 17.4. The van der Waals surface area contributed by atoms with Crippen molar-refractivity contribution in [3.8, 4) is 0 Å². The maximum atomic E-state index is 12.9. The van der Waals surface area contributed by atoms with Gasteiger partial charge in [0.1, 0.15) is 11.9 Å². The molecule has 0 aliphatic heterocycles. The molecule has 1 aromatic heterocycles. The average molecular weight is 322 g/mol. The number of urea groups is 1. The Morgan fingerprint density at radius 3 is 2.50 bits per heavy atom. The molecule has 2 amide bonds. The number of carbonyl (C=O) groups excluding carboxylic acids is 1. The molecule has 0 aliphatic carbocycles. The predicted octanol–water partition coefficient (Wildman–Crippen LogP) is 1.65. The van der Waals surface area contributed by atoms with Gasteiger partial charge in [-0.25, -0.2) is 4.79 Å². The summed E-state index contributed by atoms with van der Waals surface area (Å²) in [5.41, 5.74) is 0. The van der Waals surface area contributed by atoms with Crippen LogP contribution in [0.3, 0.4) is 0 Å². The Morgan fingerprint density at radius 1 is 1.41 bits per heavy atom. The number of anilines is 1. The molecule has 10 heteroatoms. The average Bonchev–Trinajstić information content (AvgIpc) is 2.89. The Labute approximate surface area is 126 Å². The van der Waals surface area contributed by atoms with E-state index in [9.17, 15) is 18.0 Å². The number of hydrogen-bond acceptors (Lipinski definition) is 4. The van der Waals surface area contributed by atoms with E-state index >= 15 is 0 Å². The van der Waals surface area contributed by atoms with Crippen LogP contribution in [0, 0.1) is 5.92 Å². The molecule has 2 atom stereocenters. The Bertz CT molecular complexity index is 487. The number of halogens is 3. The zero-order chi connectivity index (χ0) is 16.9. The van der Waals surface area contributed by atoms with Crippen molar-refractivity contribution in [1.82, 2.24) is 25.8 Å². The first-order valence-electron chi connectivity index (χ1n) is 6.84. The second-order valence-electron chi connectivity index (χ2n) is 5.21. The van der Waals surface area contributed by atoms with E-state index in [1.54, 1.807) is 25.9 Å². The van der Waals surface area contributed by atoms with Crippen molar-refractivity contribution in [2.24, 2.45) is 5.92 Å². The molecule has 0 unspecified atom stereocenters. The minimum atomic E-state index is -4.49. The molecule has 1 rings (SSSR count). The SMILES string of the molecule is CC[C@H](C)[C@H](NC(=O)NCc1nc(N(C)C)n[nH]1)C(F)(F)F. The van der Waals surface area contributed by atoms with Gasteiger partial charge in [-0.3, -0.25) is 5.10 Å². The van der Waals surface area contributed by atoms with Crippen LogP contribution in [0.2, 0.25) is 0 Å². The second-order valence-corrected chi connectivity index (χ2v) is 5.21. The first-order valence-corrected chi connectivity index (χ1v) is 6.84. The largest absolute Gasteiger partial charge is 0.408 e. The number of rotatable bonds is 6. The lowest BCUT2D eigenvalue weighted by Crippen LogP contribution is -2.52. The lowest BCUT2D eigenvalue weighted by Gasteiger charge is -2.26. The fourth-order valence-electron chi connectivity index (χ4n) is 1.70. The fraction of sp³-hybridized carbons (Fsp3) is 0.750. The number of aromatic amines is 1. The van der Waals surface area contributed by atoms with Gasteiger partial charge in [0.25, 0.3) is 0 Å². The standard InChI is InChI=1S/C12H21F3N6O/c1-5-7(2)9(12(13,14)15)18-11(22)16-6-8-17-10(20-19-8)21(3)4/h7,9H,5-6H2,1-4H3,(H2,16,18,22)(H,17,19,20)/t7-,9-/m0/s1. The zero-order valence-corrected chi connectivity index (χ0v) is 13.0. The highest BCUT2D eigenvalue weighted by Gasteiger charge is 2.43. The van der Waals surface area contributed by atoms with Gasteiger partial charge in [-0.2, -0.15) is 18.2 Å². The van der Waals surface area contributed by atoms with Crippen LogP contribution in [-0.4, -0.2) is 47.5 Å². The third kappa shape index (κ3) is 5.08. The minimum absolute atomic E-state index is 0.0439. The Balaban J connectivity index is 2.56. The predicted molar refractivity (Wildman–Crippen MR) is 75.4 cm³/mol. The van der Waals surface area contributed by atoms with Crippen LogP contribution in [0.5, 0.6) is 0 Å². The van der Waals surface area contributed by atoms with Crippen LogP contribution in [0.1, 0.15) is 26.1 Å². The molecule has 1 aromatic rings. The quantitative estimate of drug-likeness (QED) is 0.743. The number of carbonyl (C=O) groups is 1. The van der Waals surface area contributed by atoms with Crippen molar-refractivity contribution < 1.29 is 18.0 Å². The van der Waals surface area contributed by atoms with E-state index in [0.717, 1.165) is 0 Å². The van der Waals surface area contributed by atoms with Crippen molar-refractivity contribution in [3.63, 3.8) is 0 Å². The fourth-order valence-corrected chi connectivity index (χ4v) is 1.70. The van der Waals surface area contributed by atoms with Gasteiger partial charge in [0.05, 0.1) is 6.54 Å². The lowest BCUT2D eigenvalue weighted by atomic mass is 9.99. The van der Waals surface area contributed by atoms with Crippen LogP contribution in [0.4, 0.5) is 23.9 Å².